The molecule has 0 atom stereocenters. The van der Waals surface area contributed by atoms with Crippen molar-refractivity contribution in [2.24, 2.45) is 5.92 Å². The Labute approximate surface area is 143 Å². The number of anilines is 1. The number of pyridine rings is 1. The lowest BCUT2D eigenvalue weighted by Crippen LogP contribution is -2.29. The van der Waals surface area contributed by atoms with Crippen LogP contribution in [-0.4, -0.2) is 45.9 Å². The highest BCUT2D eigenvalue weighted by Crippen LogP contribution is 2.06. The molecule has 24 heavy (non-hydrogen) atoms. The van der Waals surface area contributed by atoms with Crippen LogP contribution in [0.5, 0.6) is 0 Å². The molecule has 0 unspecified atom stereocenters. The highest BCUT2D eigenvalue weighted by atomic mass is 16.2. The van der Waals surface area contributed by atoms with E-state index in [4.69, 9.17) is 0 Å². The van der Waals surface area contributed by atoms with Gasteiger partial charge in [-0.1, -0.05) is 13.8 Å². The maximum atomic E-state index is 12.4. The monoisotopic (exact) mass is 327 g/mol. The molecule has 6 heteroatoms. The summed E-state index contributed by atoms with van der Waals surface area (Å²) >= 11 is 0. The van der Waals surface area contributed by atoms with Crippen molar-refractivity contribution in [3.63, 3.8) is 0 Å². The molecule has 6 nitrogen and oxygen atoms in total. The van der Waals surface area contributed by atoms with Crippen LogP contribution in [0, 0.1) is 5.92 Å². The number of nitrogens with zero attached hydrogens (tertiary/aromatic N) is 4. The molecule has 0 saturated heterocycles. The predicted octanol–water partition coefficient (Wildman–Crippen LogP) is 2.64. The summed E-state index contributed by atoms with van der Waals surface area (Å²) in [7, 11) is 1.78. The summed E-state index contributed by atoms with van der Waals surface area (Å²) in [6, 6.07) is 3.91. The van der Waals surface area contributed by atoms with Crippen molar-refractivity contribution in [1.29, 1.82) is 0 Å². The van der Waals surface area contributed by atoms with Gasteiger partial charge in [0.25, 0.3) is 5.91 Å². The van der Waals surface area contributed by atoms with Gasteiger partial charge < -0.3 is 10.2 Å². The Morgan fingerprint density at radius 3 is 2.58 bits per heavy atom. The molecular weight excluding hydrogens is 302 g/mol. The van der Waals surface area contributed by atoms with Crippen molar-refractivity contribution >= 4 is 11.7 Å². The Morgan fingerprint density at radius 2 is 1.96 bits per heavy atom. The van der Waals surface area contributed by atoms with Gasteiger partial charge in [0.1, 0.15) is 11.5 Å². The first kappa shape index (κ1) is 17.8. The third-order valence-electron chi connectivity index (χ3n) is 3.73. The Bertz CT molecular complexity index is 628. The van der Waals surface area contributed by atoms with Crippen LogP contribution in [0.15, 0.2) is 36.9 Å². The average Bonchev–Trinajstić information content (AvgIpc) is 2.60. The van der Waals surface area contributed by atoms with Crippen molar-refractivity contribution in [2.75, 3.05) is 25.5 Å². The first-order valence-electron chi connectivity index (χ1n) is 8.26. The molecule has 0 aromatic carbocycles. The maximum absolute atomic E-state index is 12.4. The third-order valence-corrected chi connectivity index (χ3v) is 3.73. The number of hydrogen-bond donors (Lipinski definition) is 1. The fourth-order valence-corrected chi connectivity index (χ4v) is 2.16. The zero-order chi connectivity index (χ0) is 17.4. The molecule has 2 heterocycles. The van der Waals surface area contributed by atoms with Crippen LogP contribution in [0.1, 0.15) is 36.3 Å². The fourth-order valence-electron chi connectivity index (χ4n) is 2.16. The summed E-state index contributed by atoms with van der Waals surface area (Å²) < 4.78 is 0. The van der Waals surface area contributed by atoms with Crippen LogP contribution in [0.3, 0.4) is 0 Å². The van der Waals surface area contributed by atoms with Crippen molar-refractivity contribution < 1.29 is 4.79 Å². The molecule has 0 fully saturated rings. The minimum Gasteiger partial charge on any atom is -0.369 e. The maximum Gasteiger partial charge on any atom is 0.273 e. The van der Waals surface area contributed by atoms with Crippen molar-refractivity contribution in [2.45, 2.75) is 26.7 Å². The second kappa shape index (κ2) is 8.96. The fraction of sp³-hybridized carbons (Fsp3) is 0.444. The summed E-state index contributed by atoms with van der Waals surface area (Å²) in [5, 5.41) is 3.21. The first-order chi connectivity index (χ1) is 11.6. The highest BCUT2D eigenvalue weighted by molar-refractivity contribution is 5.91. The second-order valence-electron chi connectivity index (χ2n) is 6.23. The normalized spacial score (nSPS) is 10.7. The summed E-state index contributed by atoms with van der Waals surface area (Å²) in [4.78, 5) is 26.5. The minimum absolute atomic E-state index is 0.120. The van der Waals surface area contributed by atoms with Gasteiger partial charge in [0, 0.05) is 32.5 Å². The van der Waals surface area contributed by atoms with Crippen LogP contribution in [-0.2, 0) is 6.42 Å². The summed E-state index contributed by atoms with van der Waals surface area (Å²) in [5.41, 5.74) is 1.52. The van der Waals surface area contributed by atoms with E-state index in [9.17, 15) is 4.79 Å². The lowest BCUT2D eigenvalue weighted by molar-refractivity contribution is 0.0790. The van der Waals surface area contributed by atoms with E-state index in [1.807, 2.05) is 12.1 Å². The lowest BCUT2D eigenvalue weighted by atomic mass is 10.1. The number of carbonyl (C=O) groups is 1. The standard InChI is InChI=1S/C18H25N5O/c1-14(2)4-10-20-17-13-21-16(12-22-17)18(24)23(3)11-7-15-5-8-19-9-6-15/h5-6,8-9,12-14H,4,7,10-11H2,1-3H3,(H,20,22). The topological polar surface area (TPSA) is 71.0 Å². The van der Waals surface area contributed by atoms with Gasteiger partial charge in [0.05, 0.1) is 12.4 Å². The number of rotatable bonds is 8. The highest BCUT2D eigenvalue weighted by Gasteiger charge is 2.13. The van der Waals surface area contributed by atoms with Crippen LogP contribution in [0.2, 0.25) is 0 Å². The van der Waals surface area contributed by atoms with Gasteiger partial charge in [-0.05, 0) is 36.5 Å². The molecule has 2 aromatic rings. The quantitative estimate of drug-likeness (QED) is 0.807. The zero-order valence-electron chi connectivity index (χ0n) is 14.6. The van der Waals surface area contributed by atoms with E-state index < -0.39 is 0 Å². The zero-order valence-corrected chi connectivity index (χ0v) is 14.6. The third kappa shape index (κ3) is 5.61. The van der Waals surface area contributed by atoms with Crippen LogP contribution >= 0.6 is 0 Å². The van der Waals surface area contributed by atoms with E-state index in [2.05, 4.69) is 34.1 Å². The number of amides is 1. The molecule has 128 valence electrons. The summed E-state index contributed by atoms with van der Waals surface area (Å²) in [6.07, 6.45) is 8.52. The number of nitrogens with one attached hydrogen (secondary N) is 1. The summed E-state index contributed by atoms with van der Waals surface area (Å²) in [6.45, 7) is 5.83. The van der Waals surface area contributed by atoms with Crippen molar-refractivity contribution in [3.8, 4) is 0 Å². The Morgan fingerprint density at radius 1 is 1.21 bits per heavy atom. The molecule has 0 spiro atoms. The van der Waals surface area contributed by atoms with E-state index in [-0.39, 0.29) is 5.91 Å². The van der Waals surface area contributed by atoms with Gasteiger partial charge in [0.2, 0.25) is 0 Å². The molecule has 1 amide bonds. The molecule has 0 radical (unpaired) electrons. The van der Waals surface area contributed by atoms with Crippen molar-refractivity contribution in [1.82, 2.24) is 19.9 Å². The molecule has 0 aliphatic carbocycles. The molecule has 0 saturated carbocycles. The summed E-state index contributed by atoms with van der Waals surface area (Å²) in [5.74, 6) is 1.22. The Hall–Kier alpha value is -2.50. The molecule has 2 rings (SSSR count). The molecule has 1 N–H and O–H groups in total. The number of hydrogen-bond acceptors (Lipinski definition) is 5. The van der Waals surface area contributed by atoms with Crippen LogP contribution in [0.25, 0.3) is 0 Å². The van der Waals surface area contributed by atoms with Gasteiger partial charge in [-0.25, -0.2) is 9.97 Å². The molecule has 0 aliphatic heterocycles. The van der Waals surface area contributed by atoms with Gasteiger partial charge in [0.15, 0.2) is 0 Å². The van der Waals surface area contributed by atoms with E-state index in [1.165, 1.54) is 6.20 Å². The predicted molar refractivity (Wildman–Crippen MR) is 94.9 cm³/mol. The Balaban J connectivity index is 1.84. The van der Waals surface area contributed by atoms with Gasteiger partial charge >= 0.3 is 0 Å². The Kier molecular flexibility index (Phi) is 6.66. The average molecular weight is 327 g/mol. The number of likely N-dealkylation sites (N-methyl/N-ethyl adjacent to an activating group) is 1. The van der Waals surface area contributed by atoms with E-state index in [1.54, 1.807) is 30.5 Å². The lowest BCUT2D eigenvalue weighted by Gasteiger charge is -2.16. The first-order valence-corrected chi connectivity index (χ1v) is 8.26. The van der Waals surface area contributed by atoms with E-state index in [0.717, 1.165) is 24.9 Å². The molecular formula is C18H25N5O. The number of carbonyl (C=O) groups excluding carboxylic acids is 1. The molecule has 0 bridgehead atoms. The van der Waals surface area contributed by atoms with Gasteiger partial charge in [-0.15, -0.1) is 0 Å². The van der Waals surface area contributed by atoms with Crippen LogP contribution < -0.4 is 5.32 Å². The van der Waals surface area contributed by atoms with Gasteiger partial charge in [-0.3, -0.25) is 9.78 Å². The largest absolute Gasteiger partial charge is 0.369 e. The second-order valence-corrected chi connectivity index (χ2v) is 6.23. The van der Waals surface area contributed by atoms with Gasteiger partial charge in [-0.2, -0.15) is 0 Å². The number of aromatic nitrogens is 3. The van der Waals surface area contributed by atoms with E-state index in [0.29, 0.717) is 24.0 Å². The van der Waals surface area contributed by atoms with Crippen LogP contribution in [0.4, 0.5) is 5.82 Å². The smallest absolute Gasteiger partial charge is 0.273 e. The van der Waals surface area contributed by atoms with E-state index >= 15 is 0 Å². The van der Waals surface area contributed by atoms with Crippen molar-refractivity contribution in [3.05, 3.63) is 48.2 Å². The molecule has 2 aromatic heterocycles. The molecule has 0 aliphatic rings. The minimum atomic E-state index is -0.120. The SMILES string of the molecule is CC(C)CCNc1cnc(C(=O)N(C)CCc2ccncc2)cn1.